The number of carbonyl (C=O) groups is 2. The second-order valence-electron chi connectivity index (χ2n) is 4.57. The summed E-state index contributed by atoms with van der Waals surface area (Å²) in [6.45, 7) is 6.37. The van der Waals surface area contributed by atoms with Crippen molar-refractivity contribution in [3.63, 3.8) is 0 Å². The molecular formula is C12H23ClN2O2. The van der Waals surface area contributed by atoms with Gasteiger partial charge in [0, 0.05) is 18.8 Å². The van der Waals surface area contributed by atoms with Crippen LogP contribution in [0.5, 0.6) is 0 Å². The zero-order valence-corrected chi connectivity index (χ0v) is 11.6. The number of unbranched alkanes of at least 4 members (excludes halogenated alkanes) is 1. The molecular weight excluding hydrogens is 240 g/mol. The van der Waals surface area contributed by atoms with E-state index >= 15 is 0 Å². The summed E-state index contributed by atoms with van der Waals surface area (Å²) in [5.41, 5.74) is 0. The van der Waals surface area contributed by atoms with Gasteiger partial charge in [-0.2, -0.15) is 0 Å². The summed E-state index contributed by atoms with van der Waals surface area (Å²) in [6, 6.07) is -0.475. The summed E-state index contributed by atoms with van der Waals surface area (Å²) >= 11 is 5.52. The number of halogens is 1. The Morgan fingerprint density at radius 1 is 1.18 bits per heavy atom. The highest BCUT2D eigenvalue weighted by molar-refractivity contribution is 6.17. The van der Waals surface area contributed by atoms with E-state index in [-0.39, 0.29) is 11.8 Å². The second-order valence-corrected chi connectivity index (χ2v) is 4.95. The summed E-state index contributed by atoms with van der Waals surface area (Å²) in [7, 11) is 0. The fourth-order valence-electron chi connectivity index (χ4n) is 1.22. The molecule has 0 aliphatic carbocycles. The average Bonchev–Trinajstić information content (AvgIpc) is 2.26. The fourth-order valence-corrected chi connectivity index (χ4v) is 1.41. The third-order valence-electron chi connectivity index (χ3n) is 2.24. The molecule has 100 valence electrons. The third-order valence-corrected chi connectivity index (χ3v) is 2.51. The van der Waals surface area contributed by atoms with E-state index in [0.717, 1.165) is 12.8 Å². The van der Waals surface area contributed by atoms with Gasteiger partial charge in [0.2, 0.25) is 11.8 Å². The van der Waals surface area contributed by atoms with Gasteiger partial charge in [0.25, 0.3) is 0 Å². The Morgan fingerprint density at radius 2 is 1.82 bits per heavy atom. The van der Waals surface area contributed by atoms with Gasteiger partial charge in [-0.15, -0.1) is 11.6 Å². The van der Waals surface area contributed by atoms with Crippen LogP contribution in [0.3, 0.4) is 0 Å². The van der Waals surface area contributed by atoms with Crippen molar-refractivity contribution in [2.75, 3.05) is 12.4 Å². The summed E-state index contributed by atoms with van der Waals surface area (Å²) in [6.07, 6.45) is 2.01. The topological polar surface area (TPSA) is 58.2 Å². The standard InChI is InChI=1S/C12H23ClN2O2/c1-9(2)8-14-12(17)10(3)15-11(16)6-4-5-7-13/h9-10H,4-8H2,1-3H3,(H,14,17)(H,15,16). The zero-order chi connectivity index (χ0) is 13.3. The van der Waals surface area contributed by atoms with E-state index in [1.54, 1.807) is 6.92 Å². The maximum atomic E-state index is 11.6. The van der Waals surface area contributed by atoms with Crippen LogP contribution in [0.4, 0.5) is 0 Å². The maximum Gasteiger partial charge on any atom is 0.242 e. The lowest BCUT2D eigenvalue weighted by Crippen LogP contribution is -2.45. The first-order chi connectivity index (χ1) is 7.97. The largest absolute Gasteiger partial charge is 0.354 e. The molecule has 0 saturated carbocycles. The summed E-state index contributed by atoms with van der Waals surface area (Å²) < 4.78 is 0. The van der Waals surface area contributed by atoms with Crippen LogP contribution < -0.4 is 10.6 Å². The van der Waals surface area contributed by atoms with Crippen LogP contribution in [0.2, 0.25) is 0 Å². The number of hydrogen-bond donors (Lipinski definition) is 2. The molecule has 0 aliphatic heterocycles. The smallest absolute Gasteiger partial charge is 0.242 e. The molecule has 0 fully saturated rings. The number of nitrogens with one attached hydrogen (secondary N) is 2. The number of carbonyl (C=O) groups excluding carboxylic acids is 2. The van der Waals surface area contributed by atoms with Crippen LogP contribution in [0, 0.1) is 5.92 Å². The first-order valence-corrected chi connectivity index (χ1v) is 6.63. The molecule has 1 atom stereocenters. The molecule has 5 heteroatoms. The van der Waals surface area contributed by atoms with Gasteiger partial charge < -0.3 is 10.6 Å². The average molecular weight is 263 g/mol. The van der Waals surface area contributed by atoms with Crippen LogP contribution in [0.1, 0.15) is 40.0 Å². The number of rotatable bonds is 8. The molecule has 4 nitrogen and oxygen atoms in total. The molecule has 0 radical (unpaired) electrons. The van der Waals surface area contributed by atoms with Crippen LogP contribution in [0.25, 0.3) is 0 Å². The van der Waals surface area contributed by atoms with Gasteiger partial charge in [-0.05, 0) is 25.7 Å². The quantitative estimate of drug-likeness (QED) is 0.516. The number of alkyl halides is 1. The van der Waals surface area contributed by atoms with Crippen molar-refractivity contribution in [2.45, 2.75) is 46.1 Å². The molecule has 0 aromatic heterocycles. The highest BCUT2D eigenvalue weighted by atomic mass is 35.5. The van der Waals surface area contributed by atoms with E-state index in [2.05, 4.69) is 10.6 Å². The molecule has 0 bridgehead atoms. The maximum absolute atomic E-state index is 11.6. The van der Waals surface area contributed by atoms with E-state index in [4.69, 9.17) is 11.6 Å². The lowest BCUT2D eigenvalue weighted by Gasteiger charge is -2.15. The highest BCUT2D eigenvalue weighted by Crippen LogP contribution is 1.97. The van der Waals surface area contributed by atoms with Crippen molar-refractivity contribution < 1.29 is 9.59 Å². The minimum atomic E-state index is -0.475. The SMILES string of the molecule is CC(C)CNC(=O)C(C)NC(=O)CCCCCl. The molecule has 0 aromatic carbocycles. The fraction of sp³-hybridized carbons (Fsp3) is 0.833. The molecule has 0 spiro atoms. The predicted molar refractivity (Wildman–Crippen MR) is 70.0 cm³/mol. The Labute approximate surface area is 108 Å². The van der Waals surface area contributed by atoms with Gasteiger partial charge in [-0.25, -0.2) is 0 Å². The van der Waals surface area contributed by atoms with Gasteiger partial charge in [0.05, 0.1) is 0 Å². The molecule has 17 heavy (non-hydrogen) atoms. The minimum Gasteiger partial charge on any atom is -0.354 e. The number of hydrogen-bond acceptors (Lipinski definition) is 2. The molecule has 0 aliphatic rings. The first-order valence-electron chi connectivity index (χ1n) is 6.10. The summed E-state index contributed by atoms with van der Waals surface area (Å²) in [5, 5.41) is 5.45. The zero-order valence-electron chi connectivity index (χ0n) is 10.9. The van der Waals surface area contributed by atoms with Crippen LogP contribution in [0.15, 0.2) is 0 Å². The normalized spacial score (nSPS) is 12.3. The Bertz CT molecular complexity index is 245. The minimum absolute atomic E-state index is 0.0951. The van der Waals surface area contributed by atoms with Crippen molar-refractivity contribution in [1.82, 2.24) is 10.6 Å². The molecule has 0 rings (SSSR count). The summed E-state index contributed by atoms with van der Waals surface area (Å²) in [4.78, 5) is 23.0. The Morgan fingerprint density at radius 3 is 2.35 bits per heavy atom. The van der Waals surface area contributed by atoms with E-state index in [9.17, 15) is 9.59 Å². The lowest BCUT2D eigenvalue weighted by molar-refractivity contribution is -0.128. The van der Waals surface area contributed by atoms with Crippen molar-refractivity contribution in [1.29, 1.82) is 0 Å². The predicted octanol–water partition coefficient (Wildman–Crippen LogP) is 1.67. The van der Waals surface area contributed by atoms with Gasteiger partial charge in [-0.1, -0.05) is 13.8 Å². The van der Waals surface area contributed by atoms with Gasteiger partial charge in [0.1, 0.15) is 6.04 Å². The first kappa shape index (κ1) is 16.2. The summed E-state index contributed by atoms with van der Waals surface area (Å²) in [5.74, 6) is 0.745. The van der Waals surface area contributed by atoms with Crippen molar-refractivity contribution in [3.8, 4) is 0 Å². The Hall–Kier alpha value is -0.770. The molecule has 0 aromatic rings. The van der Waals surface area contributed by atoms with Gasteiger partial charge in [0.15, 0.2) is 0 Å². The van der Waals surface area contributed by atoms with E-state index in [0.29, 0.717) is 24.8 Å². The molecule has 2 amide bonds. The van der Waals surface area contributed by atoms with Crippen molar-refractivity contribution in [2.24, 2.45) is 5.92 Å². The van der Waals surface area contributed by atoms with Crippen LogP contribution in [-0.2, 0) is 9.59 Å². The monoisotopic (exact) mass is 262 g/mol. The number of amides is 2. The van der Waals surface area contributed by atoms with Gasteiger partial charge in [-0.3, -0.25) is 9.59 Å². The second kappa shape index (κ2) is 9.28. The van der Waals surface area contributed by atoms with Crippen LogP contribution in [-0.4, -0.2) is 30.3 Å². The van der Waals surface area contributed by atoms with Crippen molar-refractivity contribution in [3.05, 3.63) is 0 Å². The van der Waals surface area contributed by atoms with E-state index < -0.39 is 6.04 Å². The Kier molecular flexibility index (Phi) is 8.86. The van der Waals surface area contributed by atoms with E-state index in [1.807, 2.05) is 13.8 Å². The van der Waals surface area contributed by atoms with E-state index in [1.165, 1.54) is 0 Å². The highest BCUT2D eigenvalue weighted by Gasteiger charge is 2.14. The molecule has 0 heterocycles. The molecule has 1 unspecified atom stereocenters. The molecule has 2 N–H and O–H groups in total. The lowest BCUT2D eigenvalue weighted by atomic mass is 10.2. The Balaban J connectivity index is 3.78. The molecule has 0 saturated heterocycles. The van der Waals surface area contributed by atoms with Crippen LogP contribution >= 0.6 is 11.6 Å². The van der Waals surface area contributed by atoms with Gasteiger partial charge >= 0.3 is 0 Å². The third kappa shape index (κ3) is 8.98. The van der Waals surface area contributed by atoms with Crippen molar-refractivity contribution >= 4 is 23.4 Å².